The Morgan fingerprint density at radius 2 is 2.58 bits per heavy atom. The van der Waals surface area contributed by atoms with Crippen LogP contribution in [0.2, 0.25) is 0 Å². The number of nitrogens with zero attached hydrogens (tertiary/aromatic N) is 4. The number of hydrazine groups is 1. The van der Waals surface area contributed by atoms with E-state index >= 15 is 0 Å². The van der Waals surface area contributed by atoms with Crippen LogP contribution in [0, 0.1) is 0 Å². The molecular weight excluding hydrogens is 154 g/mol. The number of nitrogens with one attached hydrogen (secondary N) is 1. The fourth-order valence-corrected chi connectivity index (χ4v) is 1.38. The van der Waals surface area contributed by atoms with Gasteiger partial charge >= 0.3 is 0 Å². The van der Waals surface area contributed by atoms with Crippen molar-refractivity contribution < 1.29 is 0 Å². The molecule has 5 nitrogen and oxygen atoms in total. The molecule has 0 radical (unpaired) electrons. The smallest absolute Gasteiger partial charge is 0.0742 e. The highest BCUT2D eigenvalue weighted by atomic mass is 15.5. The molecule has 0 fully saturated rings. The monoisotopic (exact) mass is 167 g/mol. The molecule has 0 aromatic carbocycles. The van der Waals surface area contributed by atoms with E-state index in [-0.39, 0.29) is 0 Å². The van der Waals surface area contributed by atoms with Gasteiger partial charge in [0, 0.05) is 13.1 Å². The summed E-state index contributed by atoms with van der Waals surface area (Å²) in [5.74, 6) is 0. The Hall–Kier alpha value is -0.940. The molecule has 1 N–H and O–H groups in total. The summed E-state index contributed by atoms with van der Waals surface area (Å²) >= 11 is 0. The summed E-state index contributed by atoms with van der Waals surface area (Å²) in [5.41, 5.74) is 4.49. The Kier molecular flexibility index (Phi) is 2.05. The predicted molar refractivity (Wildman–Crippen MR) is 44.1 cm³/mol. The highest BCUT2D eigenvalue weighted by Crippen LogP contribution is 2.03. The maximum atomic E-state index is 3.99. The van der Waals surface area contributed by atoms with Gasteiger partial charge in [0.1, 0.15) is 0 Å². The number of aromatic nitrogens is 3. The first kappa shape index (κ1) is 7.70. The van der Waals surface area contributed by atoms with Crippen molar-refractivity contribution in [1.29, 1.82) is 0 Å². The van der Waals surface area contributed by atoms with E-state index in [2.05, 4.69) is 27.7 Å². The molecule has 0 saturated heterocycles. The van der Waals surface area contributed by atoms with Crippen molar-refractivity contribution in [2.75, 3.05) is 13.1 Å². The van der Waals surface area contributed by atoms with Crippen LogP contribution in [0.25, 0.3) is 0 Å². The van der Waals surface area contributed by atoms with Gasteiger partial charge in [-0.3, -0.25) is 5.43 Å². The van der Waals surface area contributed by atoms with Gasteiger partial charge in [0.15, 0.2) is 0 Å². The van der Waals surface area contributed by atoms with Gasteiger partial charge in [0.25, 0.3) is 0 Å². The maximum Gasteiger partial charge on any atom is 0.0742 e. The summed E-state index contributed by atoms with van der Waals surface area (Å²) in [6.07, 6.45) is 1.83. The topological polar surface area (TPSA) is 46.0 Å². The molecule has 5 heteroatoms. The van der Waals surface area contributed by atoms with Crippen molar-refractivity contribution in [1.82, 2.24) is 25.4 Å². The molecule has 1 aromatic heterocycles. The van der Waals surface area contributed by atoms with Gasteiger partial charge in [-0.05, 0) is 0 Å². The number of hydrogen-bond acceptors (Lipinski definition) is 4. The molecule has 1 aromatic rings. The molecule has 0 amide bonds. The minimum Gasteiger partial charge on any atom is -0.253 e. The minimum absolute atomic E-state index is 0.892. The summed E-state index contributed by atoms with van der Waals surface area (Å²) in [4.78, 5) is 0. The van der Waals surface area contributed by atoms with Crippen LogP contribution in [0.15, 0.2) is 6.20 Å². The molecule has 0 unspecified atom stereocenters. The molecule has 0 aliphatic carbocycles. The van der Waals surface area contributed by atoms with E-state index in [9.17, 15) is 0 Å². The standard InChI is InChI=1S/C7H13N5/c1-2-11-6-7-5-8-10-12(7)4-3-9-11/h5,9H,2-4,6H2,1H3. The second kappa shape index (κ2) is 3.20. The second-order valence-electron chi connectivity index (χ2n) is 2.87. The van der Waals surface area contributed by atoms with Crippen LogP contribution in [0.5, 0.6) is 0 Å². The third-order valence-corrected chi connectivity index (χ3v) is 2.09. The van der Waals surface area contributed by atoms with Crippen molar-refractivity contribution in [2.45, 2.75) is 20.0 Å². The van der Waals surface area contributed by atoms with Crippen LogP contribution in [0.1, 0.15) is 12.6 Å². The SMILES string of the molecule is CCN1Cc2cnnn2CCN1. The van der Waals surface area contributed by atoms with Gasteiger partial charge in [-0.25, -0.2) is 9.69 Å². The molecular formula is C7H13N5. The molecule has 0 spiro atoms. The van der Waals surface area contributed by atoms with Gasteiger partial charge in [0.2, 0.25) is 0 Å². The molecule has 2 rings (SSSR count). The zero-order chi connectivity index (χ0) is 8.39. The molecule has 0 saturated carbocycles. The number of hydrogen-bond donors (Lipinski definition) is 1. The van der Waals surface area contributed by atoms with E-state index in [1.807, 2.05) is 10.9 Å². The lowest BCUT2D eigenvalue weighted by Crippen LogP contribution is -2.36. The lowest BCUT2D eigenvalue weighted by Gasteiger charge is -2.17. The van der Waals surface area contributed by atoms with Crippen LogP contribution in [0.4, 0.5) is 0 Å². The first-order valence-electron chi connectivity index (χ1n) is 4.26. The van der Waals surface area contributed by atoms with Crippen molar-refractivity contribution in [3.05, 3.63) is 11.9 Å². The van der Waals surface area contributed by atoms with E-state index in [4.69, 9.17) is 0 Å². The first-order valence-corrected chi connectivity index (χ1v) is 4.26. The largest absolute Gasteiger partial charge is 0.253 e. The first-order chi connectivity index (χ1) is 5.90. The summed E-state index contributed by atoms with van der Waals surface area (Å²) < 4.78 is 1.95. The molecule has 12 heavy (non-hydrogen) atoms. The lowest BCUT2D eigenvalue weighted by atomic mass is 10.4. The van der Waals surface area contributed by atoms with E-state index < -0.39 is 0 Å². The van der Waals surface area contributed by atoms with Crippen LogP contribution in [-0.4, -0.2) is 33.1 Å². The van der Waals surface area contributed by atoms with Gasteiger partial charge in [-0.1, -0.05) is 12.1 Å². The number of rotatable bonds is 1. The summed E-state index contributed by atoms with van der Waals surface area (Å²) in [6.45, 7) is 5.87. The van der Waals surface area contributed by atoms with Crippen LogP contribution < -0.4 is 5.43 Å². The number of fused-ring (bicyclic) bond motifs is 1. The highest BCUT2D eigenvalue weighted by molar-refractivity contribution is 4.94. The third kappa shape index (κ3) is 1.33. The second-order valence-corrected chi connectivity index (χ2v) is 2.87. The van der Waals surface area contributed by atoms with Gasteiger partial charge in [-0.15, -0.1) is 5.10 Å². The van der Waals surface area contributed by atoms with Gasteiger partial charge < -0.3 is 0 Å². The Labute approximate surface area is 71.3 Å². The Balaban J connectivity index is 2.18. The van der Waals surface area contributed by atoms with E-state index in [0.717, 1.165) is 26.2 Å². The summed E-state index contributed by atoms with van der Waals surface area (Å²) in [6, 6.07) is 0. The lowest BCUT2D eigenvalue weighted by molar-refractivity contribution is 0.197. The molecule has 0 atom stereocenters. The molecule has 66 valence electrons. The normalized spacial score (nSPS) is 18.8. The van der Waals surface area contributed by atoms with Crippen molar-refractivity contribution >= 4 is 0 Å². The average Bonchev–Trinajstić information content (AvgIpc) is 2.43. The van der Waals surface area contributed by atoms with E-state index in [1.54, 1.807) is 0 Å². The molecule has 2 heterocycles. The Morgan fingerprint density at radius 1 is 1.67 bits per heavy atom. The van der Waals surface area contributed by atoms with Crippen molar-refractivity contribution in [2.24, 2.45) is 0 Å². The quantitative estimate of drug-likeness (QED) is 0.619. The van der Waals surface area contributed by atoms with Gasteiger partial charge in [-0.2, -0.15) is 0 Å². The molecule has 0 bridgehead atoms. The van der Waals surface area contributed by atoms with Crippen molar-refractivity contribution in [3.63, 3.8) is 0 Å². The third-order valence-electron chi connectivity index (χ3n) is 2.09. The predicted octanol–water partition coefficient (Wildman–Crippen LogP) is -0.382. The summed E-state index contributed by atoms with van der Waals surface area (Å²) in [7, 11) is 0. The Bertz CT molecular complexity index is 256. The van der Waals surface area contributed by atoms with E-state index in [0.29, 0.717) is 0 Å². The van der Waals surface area contributed by atoms with E-state index in [1.165, 1.54) is 5.69 Å². The molecule has 1 aliphatic heterocycles. The maximum absolute atomic E-state index is 3.99. The van der Waals surface area contributed by atoms with Gasteiger partial charge in [0.05, 0.1) is 25.0 Å². The molecule has 1 aliphatic rings. The fraction of sp³-hybridized carbons (Fsp3) is 0.714. The van der Waals surface area contributed by atoms with Crippen molar-refractivity contribution in [3.8, 4) is 0 Å². The van der Waals surface area contributed by atoms with Crippen LogP contribution in [0.3, 0.4) is 0 Å². The zero-order valence-electron chi connectivity index (χ0n) is 7.19. The zero-order valence-corrected chi connectivity index (χ0v) is 7.19. The van der Waals surface area contributed by atoms with Crippen LogP contribution in [-0.2, 0) is 13.1 Å². The summed E-state index contributed by atoms with van der Waals surface area (Å²) in [5, 5.41) is 10.0. The average molecular weight is 167 g/mol. The fourth-order valence-electron chi connectivity index (χ4n) is 1.38. The Morgan fingerprint density at radius 3 is 3.42 bits per heavy atom. The minimum atomic E-state index is 0.892. The van der Waals surface area contributed by atoms with Crippen LogP contribution >= 0.6 is 0 Å². The highest BCUT2D eigenvalue weighted by Gasteiger charge is 2.12.